The first-order chi connectivity index (χ1) is 11.5. The Morgan fingerprint density at radius 1 is 1.00 bits per heavy atom. The standard InChI is InChI=1S/C20H23NO3/c1-14-9-11-18(12-10-14)21-20(23)16(3)24-19(22)13-15(2)17-7-5-4-6-8-17/h4-12,15-16H,13H2,1-3H3,(H,21,23)/t15-,16+/m0/s1. The number of nitrogens with one attached hydrogen (secondary N) is 1. The summed E-state index contributed by atoms with van der Waals surface area (Å²) in [6, 6.07) is 17.2. The Morgan fingerprint density at radius 2 is 1.62 bits per heavy atom. The van der Waals surface area contributed by atoms with Gasteiger partial charge in [0.1, 0.15) is 0 Å². The summed E-state index contributed by atoms with van der Waals surface area (Å²) in [7, 11) is 0. The number of anilines is 1. The monoisotopic (exact) mass is 325 g/mol. The van der Waals surface area contributed by atoms with Gasteiger partial charge in [0, 0.05) is 5.69 Å². The third-order valence-electron chi connectivity index (χ3n) is 3.84. The summed E-state index contributed by atoms with van der Waals surface area (Å²) < 4.78 is 5.25. The smallest absolute Gasteiger partial charge is 0.307 e. The van der Waals surface area contributed by atoms with E-state index < -0.39 is 6.10 Å². The second kappa shape index (κ2) is 8.29. The van der Waals surface area contributed by atoms with E-state index in [-0.39, 0.29) is 24.2 Å². The minimum absolute atomic E-state index is 0.0473. The van der Waals surface area contributed by atoms with Crippen LogP contribution in [0, 0.1) is 6.92 Å². The van der Waals surface area contributed by atoms with Gasteiger partial charge in [-0.1, -0.05) is 55.0 Å². The van der Waals surface area contributed by atoms with Crippen molar-refractivity contribution in [3.8, 4) is 0 Å². The predicted molar refractivity (Wildman–Crippen MR) is 94.8 cm³/mol. The summed E-state index contributed by atoms with van der Waals surface area (Å²) in [5, 5.41) is 2.74. The predicted octanol–water partition coefficient (Wildman–Crippen LogP) is 4.06. The fourth-order valence-electron chi connectivity index (χ4n) is 2.33. The van der Waals surface area contributed by atoms with Crippen LogP contribution in [0.25, 0.3) is 0 Å². The van der Waals surface area contributed by atoms with Gasteiger partial charge in [-0.25, -0.2) is 0 Å². The van der Waals surface area contributed by atoms with Crippen molar-refractivity contribution in [3.05, 3.63) is 65.7 Å². The highest BCUT2D eigenvalue weighted by Gasteiger charge is 2.20. The molecule has 2 atom stereocenters. The van der Waals surface area contributed by atoms with Gasteiger partial charge in [0.15, 0.2) is 6.10 Å². The zero-order valence-electron chi connectivity index (χ0n) is 14.3. The minimum Gasteiger partial charge on any atom is -0.453 e. The molecule has 0 radical (unpaired) electrons. The maximum absolute atomic E-state index is 12.1. The van der Waals surface area contributed by atoms with E-state index >= 15 is 0 Å². The van der Waals surface area contributed by atoms with Crippen molar-refractivity contribution >= 4 is 17.6 Å². The minimum atomic E-state index is -0.832. The molecular weight excluding hydrogens is 302 g/mol. The van der Waals surface area contributed by atoms with Crippen LogP contribution in [-0.2, 0) is 14.3 Å². The van der Waals surface area contributed by atoms with E-state index in [4.69, 9.17) is 4.74 Å². The van der Waals surface area contributed by atoms with Crippen molar-refractivity contribution in [2.24, 2.45) is 0 Å². The zero-order chi connectivity index (χ0) is 17.5. The molecule has 2 rings (SSSR count). The summed E-state index contributed by atoms with van der Waals surface area (Å²) in [4.78, 5) is 24.1. The Kier molecular flexibility index (Phi) is 6.13. The Hall–Kier alpha value is -2.62. The third-order valence-corrected chi connectivity index (χ3v) is 3.84. The van der Waals surface area contributed by atoms with Gasteiger partial charge in [-0.3, -0.25) is 9.59 Å². The molecule has 0 aliphatic carbocycles. The molecule has 0 bridgehead atoms. The van der Waals surface area contributed by atoms with Crippen molar-refractivity contribution in [1.82, 2.24) is 0 Å². The largest absolute Gasteiger partial charge is 0.453 e. The number of benzene rings is 2. The van der Waals surface area contributed by atoms with Crippen LogP contribution in [0.4, 0.5) is 5.69 Å². The van der Waals surface area contributed by atoms with Gasteiger partial charge in [0.2, 0.25) is 0 Å². The molecule has 1 N–H and O–H groups in total. The molecular formula is C20H23NO3. The zero-order valence-corrected chi connectivity index (χ0v) is 14.3. The van der Waals surface area contributed by atoms with E-state index in [1.165, 1.54) is 0 Å². The lowest BCUT2D eigenvalue weighted by Gasteiger charge is -2.16. The number of hydrogen-bond donors (Lipinski definition) is 1. The summed E-state index contributed by atoms with van der Waals surface area (Å²) in [5.41, 5.74) is 2.87. The number of hydrogen-bond acceptors (Lipinski definition) is 3. The first-order valence-corrected chi connectivity index (χ1v) is 8.07. The molecule has 0 spiro atoms. The summed E-state index contributed by atoms with van der Waals surface area (Å²) in [6.45, 7) is 5.52. The lowest BCUT2D eigenvalue weighted by Crippen LogP contribution is -2.30. The maximum Gasteiger partial charge on any atom is 0.307 e. The molecule has 0 aliphatic rings. The molecule has 24 heavy (non-hydrogen) atoms. The maximum atomic E-state index is 12.1. The number of rotatable bonds is 6. The van der Waals surface area contributed by atoms with E-state index in [0.717, 1.165) is 11.1 Å². The molecule has 0 aliphatic heterocycles. The first-order valence-electron chi connectivity index (χ1n) is 8.07. The number of amides is 1. The summed E-state index contributed by atoms with van der Waals surface area (Å²) >= 11 is 0. The van der Waals surface area contributed by atoms with E-state index in [9.17, 15) is 9.59 Å². The van der Waals surface area contributed by atoms with Crippen molar-refractivity contribution in [2.75, 3.05) is 5.32 Å². The second-order valence-corrected chi connectivity index (χ2v) is 6.00. The fraction of sp³-hybridized carbons (Fsp3) is 0.300. The van der Waals surface area contributed by atoms with Crippen LogP contribution in [0.2, 0.25) is 0 Å². The molecule has 0 unspecified atom stereocenters. The SMILES string of the molecule is Cc1ccc(NC(=O)[C@@H](C)OC(=O)C[C@H](C)c2ccccc2)cc1. The van der Waals surface area contributed by atoms with Gasteiger partial charge in [-0.05, 0) is 37.5 Å². The fourth-order valence-corrected chi connectivity index (χ4v) is 2.33. The molecule has 0 saturated carbocycles. The second-order valence-electron chi connectivity index (χ2n) is 6.00. The molecule has 126 valence electrons. The first kappa shape index (κ1) is 17.7. The highest BCUT2D eigenvalue weighted by Crippen LogP contribution is 2.19. The molecule has 2 aromatic rings. The van der Waals surface area contributed by atoms with Crippen LogP contribution in [0.15, 0.2) is 54.6 Å². The van der Waals surface area contributed by atoms with E-state index in [0.29, 0.717) is 5.69 Å². The summed E-state index contributed by atoms with van der Waals surface area (Å²) in [6.07, 6.45) is -0.589. The molecule has 1 amide bonds. The summed E-state index contributed by atoms with van der Waals surface area (Å²) in [5.74, 6) is -0.663. The van der Waals surface area contributed by atoms with Crippen LogP contribution in [-0.4, -0.2) is 18.0 Å². The Balaban J connectivity index is 1.84. The number of ether oxygens (including phenoxy) is 1. The van der Waals surface area contributed by atoms with Crippen molar-refractivity contribution < 1.29 is 14.3 Å². The Bertz CT molecular complexity index is 680. The van der Waals surface area contributed by atoms with E-state index in [2.05, 4.69) is 5.32 Å². The van der Waals surface area contributed by atoms with Gasteiger partial charge in [0.05, 0.1) is 6.42 Å². The highest BCUT2D eigenvalue weighted by atomic mass is 16.5. The average Bonchev–Trinajstić information content (AvgIpc) is 2.57. The van der Waals surface area contributed by atoms with Gasteiger partial charge in [-0.2, -0.15) is 0 Å². The van der Waals surface area contributed by atoms with Crippen LogP contribution in [0.1, 0.15) is 37.3 Å². The lowest BCUT2D eigenvalue weighted by atomic mass is 9.98. The molecule has 4 nitrogen and oxygen atoms in total. The molecule has 0 aromatic heterocycles. The van der Waals surface area contributed by atoms with Crippen LogP contribution >= 0.6 is 0 Å². The van der Waals surface area contributed by atoms with Crippen molar-refractivity contribution in [3.63, 3.8) is 0 Å². The molecule has 0 heterocycles. The number of carbonyl (C=O) groups is 2. The van der Waals surface area contributed by atoms with Crippen LogP contribution < -0.4 is 5.32 Å². The van der Waals surface area contributed by atoms with Crippen molar-refractivity contribution in [2.45, 2.75) is 39.2 Å². The van der Waals surface area contributed by atoms with Gasteiger partial charge in [0.25, 0.3) is 5.91 Å². The number of esters is 1. The molecule has 0 saturated heterocycles. The van der Waals surface area contributed by atoms with Crippen molar-refractivity contribution in [1.29, 1.82) is 0 Å². The van der Waals surface area contributed by atoms with Gasteiger partial charge < -0.3 is 10.1 Å². The van der Waals surface area contributed by atoms with E-state index in [1.54, 1.807) is 6.92 Å². The normalized spacial score (nSPS) is 13.0. The topological polar surface area (TPSA) is 55.4 Å². The molecule has 2 aromatic carbocycles. The van der Waals surface area contributed by atoms with E-state index in [1.807, 2.05) is 68.4 Å². The quantitative estimate of drug-likeness (QED) is 0.815. The molecule has 0 fully saturated rings. The Morgan fingerprint density at radius 3 is 2.25 bits per heavy atom. The number of aryl methyl sites for hydroxylation is 1. The highest BCUT2D eigenvalue weighted by molar-refractivity contribution is 5.95. The van der Waals surface area contributed by atoms with Crippen LogP contribution in [0.3, 0.4) is 0 Å². The molecule has 4 heteroatoms. The Labute approximate surface area is 142 Å². The number of carbonyl (C=O) groups excluding carboxylic acids is 2. The lowest BCUT2D eigenvalue weighted by molar-refractivity contribution is -0.153. The average molecular weight is 325 g/mol. The third kappa shape index (κ3) is 5.23. The van der Waals surface area contributed by atoms with Gasteiger partial charge >= 0.3 is 5.97 Å². The van der Waals surface area contributed by atoms with Gasteiger partial charge in [-0.15, -0.1) is 0 Å². The van der Waals surface area contributed by atoms with Crippen LogP contribution in [0.5, 0.6) is 0 Å².